The second-order valence-electron chi connectivity index (χ2n) is 15.5. The highest BCUT2D eigenvalue weighted by Crippen LogP contribution is 2.39. The number of hydrogen-bond acceptors (Lipinski definition) is 11. The first-order valence-corrected chi connectivity index (χ1v) is 25.0. The minimum atomic E-state index is -5.00. The quantitative estimate of drug-likeness (QED) is 0.0606. The van der Waals surface area contributed by atoms with Crippen LogP contribution in [0.15, 0.2) is 85.2 Å². The van der Waals surface area contributed by atoms with E-state index >= 15 is 13.2 Å². The van der Waals surface area contributed by atoms with Crippen molar-refractivity contribution in [1.82, 2.24) is 0 Å². The fraction of sp³-hybridized carbons (Fsp3) is 0.429. The summed E-state index contributed by atoms with van der Waals surface area (Å²) in [5, 5.41) is 0. The molecule has 0 bridgehead atoms. The molecule has 0 unspecified atom stereocenters. The van der Waals surface area contributed by atoms with Crippen molar-refractivity contribution in [3.05, 3.63) is 107 Å². The molecule has 61 heavy (non-hydrogen) atoms. The minimum Gasteiger partial charge on any atom is -0.544 e. The van der Waals surface area contributed by atoms with Crippen molar-refractivity contribution in [2.45, 2.75) is 81.9 Å². The molecule has 0 aromatic heterocycles. The minimum absolute atomic E-state index is 0.0699. The summed E-state index contributed by atoms with van der Waals surface area (Å²) in [6.07, 6.45) is 8.72. The normalized spacial score (nSPS) is 21.0. The number of hydrogen-bond donors (Lipinski definition) is 0. The molecule has 4 aromatic rings. The van der Waals surface area contributed by atoms with Crippen molar-refractivity contribution in [3.8, 4) is 28.0 Å². The molecule has 19 heteroatoms. The van der Waals surface area contributed by atoms with Crippen LogP contribution in [0.1, 0.15) is 88.2 Å². The van der Waals surface area contributed by atoms with Crippen molar-refractivity contribution >= 4 is 41.8 Å². The standard InChI is InChI=1S/C42H46F4N2O9S4/c1-27-3-7-29(8-4-27)31-11-15-33(16-12-31)35-19-21-37(41(45)39(35)43)57-59(50)47-60(51,52)26-25-55-23-24-56-58(49)48-61(53,54)38-22-20-36(40(44)42(38)46)34-17-13-32(14-18-34)30-9-5-28(2)6-10-30/h11-22,27-30H,3-10,23-26H2,1-2H3/q-2. The number of ether oxygens (including phenoxy) is 1. The SMILES string of the molecule is CC1CCC(c2ccc(-c3ccc(O/[S-](=O)=N\S(=O)(=O)CCOCCO/[S-](=O)=N\S(=O)(=O)c4ccc(-c5ccc(C6CCC(C)CC6)cc5)c(F)c4F)c(F)c3F)cc2)CC1. The molecule has 0 heterocycles. The maximum atomic E-state index is 15.1. The lowest BCUT2D eigenvalue weighted by Crippen LogP contribution is -2.13. The Kier molecular flexibility index (Phi) is 15.7. The number of rotatable bonds is 16. The van der Waals surface area contributed by atoms with E-state index in [0.717, 1.165) is 80.7 Å². The molecule has 0 N–H and O–H groups in total. The van der Waals surface area contributed by atoms with Gasteiger partial charge in [0.05, 0.1) is 19.0 Å². The van der Waals surface area contributed by atoms with Crippen LogP contribution in [0.2, 0.25) is 0 Å². The number of nitrogens with zero attached hydrogens (tertiary/aromatic N) is 2. The van der Waals surface area contributed by atoms with E-state index in [0.29, 0.717) is 34.8 Å². The molecular weight excluding hydrogens is 881 g/mol. The molecule has 0 atom stereocenters. The zero-order valence-electron chi connectivity index (χ0n) is 33.4. The van der Waals surface area contributed by atoms with Gasteiger partial charge in [-0.15, -0.1) is 0 Å². The molecule has 2 saturated carbocycles. The van der Waals surface area contributed by atoms with Gasteiger partial charge in [-0.2, -0.15) is 4.39 Å². The summed E-state index contributed by atoms with van der Waals surface area (Å²) in [6, 6.07) is 18.3. The molecule has 11 nitrogen and oxygen atoms in total. The molecule has 0 amide bonds. The highest BCUT2D eigenvalue weighted by molar-refractivity contribution is 7.95. The summed E-state index contributed by atoms with van der Waals surface area (Å²) in [5.74, 6) is -5.41. The third kappa shape index (κ3) is 12.2. The lowest BCUT2D eigenvalue weighted by molar-refractivity contribution is 0.116. The van der Waals surface area contributed by atoms with Gasteiger partial charge in [-0.05, 0) is 107 Å². The van der Waals surface area contributed by atoms with E-state index < -0.39 is 101 Å². The topological polar surface area (TPSA) is 155 Å². The van der Waals surface area contributed by atoms with Gasteiger partial charge < -0.3 is 21.5 Å². The van der Waals surface area contributed by atoms with Gasteiger partial charge in [-0.1, -0.05) is 88.1 Å². The number of sulfonamides is 2. The van der Waals surface area contributed by atoms with Crippen molar-refractivity contribution in [1.29, 1.82) is 0 Å². The van der Waals surface area contributed by atoms with Crippen LogP contribution in [0.25, 0.3) is 22.3 Å². The Morgan fingerprint density at radius 3 is 1.59 bits per heavy atom. The van der Waals surface area contributed by atoms with E-state index in [1.807, 2.05) is 24.3 Å². The Morgan fingerprint density at radius 2 is 1.07 bits per heavy atom. The van der Waals surface area contributed by atoms with Gasteiger partial charge in [0.15, 0.2) is 23.3 Å². The fourth-order valence-electron chi connectivity index (χ4n) is 7.62. The highest BCUT2D eigenvalue weighted by atomic mass is 32.3. The van der Waals surface area contributed by atoms with E-state index in [2.05, 4.69) is 21.4 Å². The van der Waals surface area contributed by atoms with E-state index in [1.165, 1.54) is 6.07 Å². The van der Waals surface area contributed by atoms with E-state index in [-0.39, 0.29) is 11.1 Å². The molecule has 6 rings (SSSR count). The second kappa shape index (κ2) is 20.5. The Balaban J connectivity index is 0.957. The molecular formula is C42H46F4N2O9S4-2. The molecule has 2 fully saturated rings. The van der Waals surface area contributed by atoms with Crippen LogP contribution < -0.4 is 4.18 Å². The van der Waals surface area contributed by atoms with Crippen molar-refractivity contribution in [3.63, 3.8) is 0 Å². The monoisotopic (exact) mass is 926 g/mol. The van der Waals surface area contributed by atoms with Crippen molar-refractivity contribution in [2.75, 3.05) is 25.6 Å². The Labute approximate surface area is 358 Å². The predicted octanol–water partition coefficient (Wildman–Crippen LogP) is 10.4. The summed E-state index contributed by atoms with van der Waals surface area (Å²) in [4.78, 5) is -1.15. The first-order valence-electron chi connectivity index (χ1n) is 19.8. The predicted molar refractivity (Wildman–Crippen MR) is 224 cm³/mol. The first-order chi connectivity index (χ1) is 29.0. The van der Waals surface area contributed by atoms with Gasteiger partial charge in [0.1, 0.15) is 10.6 Å². The Morgan fingerprint density at radius 1 is 0.574 bits per heavy atom. The van der Waals surface area contributed by atoms with E-state index in [9.17, 15) is 29.6 Å². The molecule has 0 aliphatic heterocycles. The summed E-state index contributed by atoms with van der Waals surface area (Å²) < 4.78 is 155. The summed E-state index contributed by atoms with van der Waals surface area (Å²) >= 11 is 0. The highest BCUT2D eigenvalue weighted by Gasteiger charge is 2.25. The first kappa shape index (κ1) is 46.6. The molecule has 0 spiro atoms. The average molecular weight is 927 g/mol. The third-order valence-electron chi connectivity index (χ3n) is 11.2. The van der Waals surface area contributed by atoms with Gasteiger partial charge in [-0.3, -0.25) is 3.77 Å². The average Bonchev–Trinajstić information content (AvgIpc) is 3.22. The summed E-state index contributed by atoms with van der Waals surface area (Å²) in [7, 11) is -15.4. The number of benzene rings is 4. The van der Waals surface area contributed by atoms with Gasteiger partial charge in [-0.25, -0.2) is 33.8 Å². The molecule has 2 aliphatic carbocycles. The molecule has 2 aliphatic rings. The Hall–Kier alpha value is -3.88. The van der Waals surface area contributed by atoms with Gasteiger partial charge in [0.25, 0.3) is 10.0 Å². The van der Waals surface area contributed by atoms with E-state index in [1.54, 1.807) is 24.3 Å². The van der Waals surface area contributed by atoms with Crippen LogP contribution in [-0.4, -0.2) is 42.4 Å². The van der Waals surface area contributed by atoms with Crippen LogP contribution in [-0.2, 0) is 59.1 Å². The van der Waals surface area contributed by atoms with Crippen LogP contribution in [0.4, 0.5) is 17.6 Å². The van der Waals surface area contributed by atoms with Gasteiger partial charge in [0, 0.05) is 28.6 Å². The summed E-state index contributed by atoms with van der Waals surface area (Å²) in [5.41, 5.74) is 2.74. The molecule has 332 valence electrons. The van der Waals surface area contributed by atoms with Gasteiger partial charge >= 0.3 is 0 Å². The van der Waals surface area contributed by atoms with E-state index in [4.69, 9.17) is 13.1 Å². The van der Waals surface area contributed by atoms with Gasteiger partial charge in [0.2, 0.25) is 10.0 Å². The van der Waals surface area contributed by atoms with Crippen molar-refractivity contribution < 1.29 is 55.9 Å². The zero-order chi connectivity index (χ0) is 43.9. The van der Waals surface area contributed by atoms with Crippen molar-refractivity contribution in [2.24, 2.45) is 19.4 Å². The zero-order valence-corrected chi connectivity index (χ0v) is 36.7. The van der Waals surface area contributed by atoms with Crippen LogP contribution in [0, 0.1) is 35.1 Å². The molecule has 4 aromatic carbocycles. The van der Waals surface area contributed by atoms with Crippen LogP contribution in [0.5, 0.6) is 5.75 Å². The summed E-state index contributed by atoms with van der Waals surface area (Å²) in [6.45, 7) is 2.87. The lowest BCUT2D eigenvalue weighted by atomic mass is 9.79. The maximum Gasteiger partial charge on any atom is 0.265 e. The number of halogens is 4. The maximum absolute atomic E-state index is 15.1. The van der Waals surface area contributed by atoms with Crippen LogP contribution in [0.3, 0.4) is 0 Å². The Bertz CT molecular complexity index is 2580. The largest absolute Gasteiger partial charge is 0.544 e. The third-order valence-corrected chi connectivity index (χ3v) is 16.1. The lowest BCUT2D eigenvalue weighted by Gasteiger charge is -2.26. The molecule has 0 saturated heterocycles. The molecule has 0 radical (unpaired) electrons. The smallest absolute Gasteiger partial charge is 0.265 e. The second-order valence-corrected chi connectivity index (χ2v) is 20.9. The van der Waals surface area contributed by atoms with Crippen LogP contribution >= 0.6 is 0 Å². The fourth-order valence-corrected chi connectivity index (χ4v) is 11.3.